The van der Waals surface area contributed by atoms with Gasteiger partial charge in [-0.1, -0.05) is 6.92 Å². The number of carbonyl (C=O) groups is 1. The lowest BCUT2D eigenvalue weighted by molar-refractivity contribution is -0.115. The normalized spacial score (nSPS) is 14.8. The number of fused-ring (bicyclic) bond motifs is 1. The summed E-state index contributed by atoms with van der Waals surface area (Å²) in [6.45, 7) is 1.97. The van der Waals surface area contributed by atoms with E-state index in [1.165, 1.54) is 0 Å². The van der Waals surface area contributed by atoms with Crippen molar-refractivity contribution in [2.24, 2.45) is 0 Å². The quantitative estimate of drug-likeness (QED) is 0.588. The van der Waals surface area contributed by atoms with Gasteiger partial charge >= 0.3 is 0 Å². The third-order valence-electron chi connectivity index (χ3n) is 1.67. The highest BCUT2D eigenvalue weighted by molar-refractivity contribution is 5.87. The molecule has 1 aliphatic heterocycles. The fourth-order valence-electron chi connectivity index (χ4n) is 1.13. The SMILES string of the molecule is CCc1nnc2n1NC(=O)C2. The Balaban J connectivity index is 2.44. The highest BCUT2D eigenvalue weighted by atomic mass is 16.2. The Morgan fingerprint density at radius 2 is 2.45 bits per heavy atom. The van der Waals surface area contributed by atoms with E-state index in [2.05, 4.69) is 15.6 Å². The zero-order chi connectivity index (χ0) is 7.84. The van der Waals surface area contributed by atoms with Gasteiger partial charge in [-0.05, 0) is 0 Å². The lowest BCUT2D eigenvalue weighted by atomic mass is 10.4. The number of hydrogen-bond acceptors (Lipinski definition) is 3. The van der Waals surface area contributed by atoms with Crippen molar-refractivity contribution in [2.75, 3.05) is 5.43 Å². The Morgan fingerprint density at radius 1 is 1.64 bits per heavy atom. The average Bonchev–Trinajstić information content (AvgIpc) is 2.45. The second-order valence-corrected chi connectivity index (χ2v) is 2.43. The van der Waals surface area contributed by atoms with Gasteiger partial charge in [0, 0.05) is 6.42 Å². The first-order valence-corrected chi connectivity index (χ1v) is 3.54. The molecule has 0 saturated carbocycles. The molecular weight excluding hydrogens is 144 g/mol. The van der Waals surface area contributed by atoms with Crippen molar-refractivity contribution >= 4 is 5.91 Å². The van der Waals surface area contributed by atoms with Gasteiger partial charge in [0.2, 0.25) is 5.91 Å². The molecule has 0 bridgehead atoms. The van der Waals surface area contributed by atoms with Crippen molar-refractivity contribution < 1.29 is 4.79 Å². The molecule has 0 fully saturated rings. The van der Waals surface area contributed by atoms with Crippen LogP contribution in [0.1, 0.15) is 18.6 Å². The summed E-state index contributed by atoms with van der Waals surface area (Å²) in [5, 5.41) is 7.74. The molecule has 5 heteroatoms. The van der Waals surface area contributed by atoms with Crippen LogP contribution in [0.15, 0.2) is 0 Å². The van der Waals surface area contributed by atoms with Gasteiger partial charge in [-0.25, -0.2) is 4.68 Å². The van der Waals surface area contributed by atoms with Crippen LogP contribution in [0, 0.1) is 0 Å². The number of aromatic nitrogens is 3. The van der Waals surface area contributed by atoms with Gasteiger partial charge in [0.05, 0.1) is 6.42 Å². The molecule has 0 atom stereocenters. The van der Waals surface area contributed by atoms with Crippen molar-refractivity contribution in [3.8, 4) is 0 Å². The Bertz CT molecular complexity index is 304. The minimum atomic E-state index is -0.00963. The largest absolute Gasteiger partial charge is 0.273 e. The molecule has 11 heavy (non-hydrogen) atoms. The van der Waals surface area contributed by atoms with Crippen LogP contribution in [0.4, 0.5) is 0 Å². The highest BCUT2D eigenvalue weighted by Gasteiger charge is 2.21. The smallest absolute Gasteiger partial charge is 0.246 e. The molecule has 5 nitrogen and oxygen atoms in total. The summed E-state index contributed by atoms with van der Waals surface area (Å²) in [5.74, 6) is 1.52. The molecule has 58 valence electrons. The fourth-order valence-corrected chi connectivity index (χ4v) is 1.13. The van der Waals surface area contributed by atoms with Crippen LogP contribution in [-0.2, 0) is 17.6 Å². The van der Waals surface area contributed by atoms with Crippen LogP contribution in [0.3, 0.4) is 0 Å². The standard InChI is InChI=1S/C6H8N4O/c1-2-4-7-8-5-3-6(11)9-10(4)5/h2-3H2,1H3,(H,9,11). The summed E-state index contributed by atoms with van der Waals surface area (Å²) >= 11 is 0. The molecule has 1 amide bonds. The van der Waals surface area contributed by atoms with Crippen molar-refractivity contribution in [2.45, 2.75) is 19.8 Å². The molecule has 0 aliphatic carbocycles. The number of carbonyl (C=O) groups excluding carboxylic acids is 1. The first kappa shape index (κ1) is 6.33. The van der Waals surface area contributed by atoms with Crippen molar-refractivity contribution in [1.82, 2.24) is 14.9 Å². The fraction of sp³-hybridized carbons (Fsp3) is 0.500. The van der Waals surface area contributed by atoms with Crippen molar-refractivity contribution in [3.63, 3.8) is 0 Å². The van der Waals surface area contributed by atoms with E-state index < -0.39 is 0 Å². The molecule has 0 saturated heterocycles. The summed E-state index contributed by atoms with van der Waals surface area (Å²) in [5.41, 5.74) is 2.65. The number of aryl methyl sites for hydroxylation is 1. The Morgan fingerprint density at radius 3 is 3.18 bits per heavy atom. The summed E-state index contributed by atoms with van der Waals surface area (Å²) in [6, 6.07) is 0. The average molecular weight is 152 g/mol. The zero-order valence-corrected chi connectivity index (χ0v) is 6.16. The predicted molar refractivity (Wildman–Crippen MR) is 37.5 cm³/mol. The Labute approximate surface area is 63.4 Å². The molecule has 1 N–H and O–H groups in total. The molecule has 1 aliphatic rings. The van der Waals surface area contributed by atoms with E-state index in [0.29, 0.717) is 12.2 Å². The van der Waals surface area contributed by atoms with Crippen LogP contribution >= 0.6 is 0 Å². The van der Waals surface area contributed by atoms with Crippen LogP contribution in [0.25, 0.3) is 0 Å². The molecular formula is C6H8N4O. The summed E-state index contributed by atoms with van der Waals surface area (Å²) in [4.78, 5) is 10.8. The van der Waals surface area contributed by atoms with E-state index in [1.807, 2.05) is 6.92 Å². The van der Waals surface area contributed by atoms with E-state index in [0.717, 1.165) is 12.2 Å². The minimum absolute atomic E-state index is 0.00963. The molecule has 0 aromatic carbocycles. The third kappa shape index (κ3) is 0.806. The van der Waals surface area contributed by atoms with E-state index in [9.17, 15) is 4.79 Å². The predicted octanol–water partition coefficient (Wildman–Crippen LogP) is -0.533. The van der Waals surface area contributed by atoms with Gasteiger partial charge in [0.15, 0.2) is 11.6 Å². The van der Waals surface area contributed by atoms with Gasteiger partial charge in [0.25, 0.3) is 0 Å². The second-order valence-electron chi connectivity index (χ2n) is 2.43. The first-order valence-electron chi connectivity index (χ1n) is 3.54. The van der Waals surface area contributed by atoms with E-state index in [-0.39, 0.29) is 5.91 Å². The number of nitrogens with one attached hydrogen (secondary N) is 1. The summed E-state index contributed by atoms with van der Waals surface area (Å²) in [7, 11) is 0. The Hall–Kier alpha value is -1.39. The number of rotatable bonds is 1. The molecule has 1 aromatic heterocycles. The number of hydrogen-bond donors (Lipinski definition) is 1. The highest BCUT2D eigenvalue weighted by Crippen LogP contribution is 2.06. The molecule has 0 unspecified atom stereocenters. The maximum Gasteiger partial charge on any atom is 0.246 e. The van der Waals surface area contributed by atoms with Crippen LogP contribution in [0.5, 0.6) is 0 Å². The molecule has 2 rings (SSSR count). The van der Waals surface area contributed by atoms with Crippen LogP contribution in [-0.4, -0.2) is 20.8 Å². The minimum Gasteiger partial charge on any atom is -0.273 e. The summed E-state index contributed by atoms with van der Waals surface area (Å²) in [6.07, 6.45) is 1.14. The second kappa shape index (κ2) is 2.05. The number of amides is 1. The zero-order valence-electron chi connectivity index (χ0n) is 6.16. The van der Waals surface area contributed by atoms with E-state index in [4.69, 9.17) is 0 Å². The van der Waals surface area contributed by atoms with Gasteiger partial charge in [0.1, 0.15) is 0 Å². The topological polar surface area (TPSA) is 59.8 Å². The van der Waals surface area contributed by atoms with Gasteiger partial charge in [-0.3, -0.25) is 10.2 Å². The molecule has 0 radical (unpaired) electrons. The van der Waals surface area contributed by atoms with Crippen LogP contribution < -0.4 is 5.43 Å². The summed E-state index contributed by atoms with van der Waals surface area (Å²) < 4.78 is 1.66. The first-order chi connectivity index (χ1) is 5.31. The third-order valence-corrected chi connectivity index (χ3v) is 1.67. The molecule has 0 spiro atoms. The Kier molecular flexibility index (Phi) is 1.18. The lowest BCUT2D eigenvalue weighted by Gasteiger charge is -1.98. The van der Waals surface area contributed by atoms with E-state index >= 15 is 0 Å². The van der Waals surface area contributed by atoms with Gasteiger partial charge < -0.3 is 0 Å². The van der Waals surface area contributed by atoms with Crippen LogP contribution in [0.2, 0.25) is 0 Å². The van der Waals surface area contributed by atoms with Gasteiger partial charge in [-0.2, -0.15) is 0 Å². The molecule has 1 aromatic rings. The monoisotopic (exact) mass is 152 g/mol. The van der Waals surface area contributed by atoms with Crippen molar-refractivity contribution in [1.29, 1.82) is 0 Å². The lowest BCUT2D eigenvalue weighted by Crippen LogP contribution is -2.16. The van der Waals surface area contributed by atoms with Gasteiger partial charge in [-0.15, -0.1) is 10.2 Å². The molecule has 2 heterocycles. The van der Waals surface area contributed by atoms with Crippen molar-refractivity contribution in [3.05, 3.63) is 11.6 Å². The number of nitrogens with zero attached hydrogens (tertiary/aromatic N) is 3. The maximum absolute atomic E-state index is 10.8. The van der Waals surface area contributed by atoms with E-state index in [1.54, 1.807) is 4.68 Å². The maximum atomic E-state index is 10.8.